The lowest BCUT2D eigenvalue weighted by atomic mass is 9.72. The van der Waals surface area contributed by atoms with Gasteiger partial charge in [-0.05, 0) is 35.4 Å². The van der Waals surface area contributed by atoms with Crippen molar-refractivity contribution < 1.29 is 36.6 Å². The molecule has 0 aliphatic heterocycles. The van der Waals surface area contributed by atoms with Gasteiger partial charge < -0.3 is 21.3 Å². The summed E-state index contributed by atoms with van der Waals surface area (Å²) in [5, 5.41) is 48.2. The summed E-state index contributed by atoms with van der Waals surface area (Å²) in [5.41, 5.74) is -5.33. The van der Waals surface area contributed by atoms with Crippen molar-refractivity contribution in [3.63, 3.8) is 0 Å². The SMILES string of the molecule is N#CC(C#N)=C(C#N)Nc1cc(C(c2ccc(O)c(N)c2)(C(F)(F)F)C(F)(F)F)ccc1O. The number of phenols is 2. The zero-order valence-electron chi connectivity index (χ0n) is 16.0. The largest absolute Gasteiger partial charge is 0.506 e. The predicted octanol–water partition coefficient (Wildman–Crippen LogP) is 4.33. The molecule has 2 aromatic rings. The first-order chi connectivity index (χ1) is 15.2. The quantitative estimate of drug-likeness (QED) is 0.226. The van der Waals surface area contributed by atoms with Crippen LogP contribution in [0.5, 0.6) is 11.5 Å². The van der Waals surface area contributed by atoms with Crippen molar-refractivity contribution in [2.45, 2.75) is 17.8 Å². The summed E-state index contributed by atoms with van der Waals surface area (Å²) >= 11 is 0. The fraction of sp³-hybridized carbons (Fsp3) is 0.150. The van der Waals surface area contributed by atoms with E-state index >= 15 is 0 Å². The number of nitrogen functional groups attached to an aromatic ring is 1. The smallest absolute Gasteiger partial charge is 0.411 e. The third-order valence-corrected chi connectivity index (χ3v) is 4.59. The van der Waals surface area contributed by atoms with E-state index in [1.54, 1.807) is 0 Å². The van der Waals surface area contributed by atoms with Crippen LogP contribution in [0.25, 0.3) is 0 Å². The van der Waals surface area contributed by atoms with Crippen molar-refractivity contribution in [3.8, 4) is 29.7 Å². The highest BCUT2D eigenvalue weighted by Gasteiger charge is 2.72. The molecule has 7 nitrogen and oxygen atoms in total. The Hall–Kier alpha value is -4.57. The molecule has 0 amide bonds. The molecule has 0 saturated heterocycles. The second-order valence-electron chi connectivity index (χ2n) is 6.46. The maximum atomic E-state index is 14.2. The number of nitrogens with one attached hydrogen (secondary N) is 1. The van der Waals surface area contributed by atoms with Gasteiger partial charge in [-0.3, -0.25) is 0 Å². The molecule has 0 spiro atoms. The van der Waals surface area contributed by atoms with Crippen molar-refractivity contribution in [1.82, 2.24) is 0 Å². The first-order valence-electron chi connectivity index (χ1n) is 8.52. The number of phenolic OH excluding ortho intramolecular Hbond substituents is 2. The molecule has 2 aromatic carbocycles. The molecule has 0 unspecified atom stereocenters. The average molecular weight is 467 g/mol. The van der Waals surface area contributed by atoms with Crippen LogP contribution in [-0.4, -0.2) is 22.6 Å². The molecule has 0 heterocycles. The summed E-state index contributed by atoms with van der Waals surface area (Å²) in [6.45, 7) is 0. The number of nitrogens with two attached hydrogens (primary N) is 1. The Labute approximate surface area is 181 Å². The number of alkyl halides is 6. The number of hydrogen-bond acceptors (Lipinski definition) is 7. The second kappa shape index (κ2) is 8.52. The lowest BCUT2D eigenvalue weighted by Crippen LogP contribution is -2.54. The number of allylic oxidation sites excluding steroid dienone is 2. The van der Waals surface area contributed by atoms with E-state index in [4.69, 9.17) is 21.5 Å². The molecule has 5 N–H and O–H groups in total. The molecule has 33 heavy (non-hydrogen) atoms. The van der Waals surface area contributed by atoms with Crippen molar-refractivity contribution in [3.05, 3.63) is 58.8 Å². The zero-order valence-corrected chi connectivity index (χ0v) is 16.0. The van der Waals surface area contributed by atoms with Crippen LogP contribution >= 0.6 is 0 Å². The maximum Gasteiger partial charge on any atom is 0.411 e. The van der Waals surface area contributed by atoms with Gasteiger partial charge in [-0.25, -0.2) is 0 Å². The lowest BCUT2D eigenvalue weighted by molar-refractivity contribution is -0.288. The monoisotopic (exact) mass is 467 g/mol. The van der Waals surface area contributed by atoms with Gasteiger partial charge in [0.05, 0.1) is 11.4 Å². The Bertz CT molecular complexity index is 1220. The topological polar surface area (TPSA) is 150 Å². The molecular formula is C20H11F6N5O2. The van der Waals surface area contributed by atoms with Gasteiger partial charge in [0.2, 0.25) is 5.41 Å². The van der Waals surface area contributed by atoms with Crippen molar-refractivity contribution in [2.24, 2.45) is 0 Å². The van der Waals surface area contributed by atoms with E-state index in [1.165, 1.54) is 18.2 Å². The number of halogens is 6. The number of aromatic hydroxyl groups is 2. The van der Waals surface area contributed by atoms with Gasteiger partial charge in [0.25, 0.3) is 0 Å². The minimum atomic E-state index is -6.00. The van der Waals surface area contributed by atoms with E-state index in [2.05, 4.69) is 0 Å². The minimum absolute atomic E-state index is 0.281. The Kier molecular flexibility index (Phi) is 6.37. The number of anilines is 2. The molecule has 0 saturated carbocycles. The Morgan fingerprint density at radius 3 is 1.70 bits per heavy atom. The predicted molar refractivity (Wildman–Crippen MR) is 101 cm³/mol. The van der Waals surface area contributed by atoms with Crippen LogP contribution in [0.2, 0.25) is 0 Å². The fourth-order valence-corrected chi connectivity index (χ4v) is 3.06. The van der Waals surface area contributed by atoms with E-state index in [0.29, 0.717) is 30.3 Å². The summed E-state index contributed by atoms with van der Waals surface area (Å²) in [6.07, 6.45) is -12.0. The molecule has 0 radical (unpaired) electrons. The summed E-state index contributed by atoms with van der Waals surface area (Å²) in [4.78, 5) is 0. The minimum Gasteiger partial charge on any atom is -0.506 e. The first kappa shape index (κ1) is 24.7. The number of nitrogens with zero attached hydrogens (tertiary/aromatic N) is 3. The molecule has 0 fully saturated rings. The summed E-state index contributed by atoms with van der Waals surface area (Å²) in [5.74, 6) is -1.61. The van der Waals surface area contributed by atoms with Gasteiger partial charge >= 0.3 is 12.4 Å². The van der Waals surface area contributed by atoms with E-state index in [9.17, 15) is 36.6 Å². The van der Waals surface area contributed by atoms with Crippen LogP contribution in [0, 0.1) is 34.0 Å². The summed E-state index contributed by atoms with van der Waals surface area (Å²) in [6, 6.07) is 6.48. The van der Waals surface area contributed by atoms with Gasteiger partial charge in [0.1, 0.15) is 35.4 Å². The number of hydrogen-bond donors (Lipinski definition) is 4. The van der Waals surface area contributed by atoms with Crippen LogP contribution in [0.3, 0.4) is 0 Å². The molecule has 2 rings (SSSR count). The van der Waals surface area contributed by atoms with Crippen molar-refractivity contribution in [2.75, 3.05) is 11.1 Å². The second-order valence-corrected chi connectivity index (χ2v) is 6.46. The van der Waals surface area contributed by atoms with Crippen LogP contribution in [-0.2, 0) is 5.41 Å². The molecule has 0 aliphatic rings. The Morgan fingerprint density at radius 2 is 1.27 bits per heavy atom. The fourth-order valence-electron chi connectivity index (χ4n) is 3.06. The Balaban J connectivity index is 2.93. The van der Waals surface area contributed by atoms with Gasteiger partial charge in [0.15, 0.2) is 5.57 Å². The van der Waals surface area contributed by atoms with Crippen LogP contribution in [0.15, 0.2) is 47.7 Å². The highest BCUT2D eigenvalue weighted by Crippen LogP contribution is 2.57. The molecule has 0 bridgehead atoms. The normalized spacial score (nSPS) is 11.6. The number of benzene rings is 2. The van der Waals surface area contributed by atoms with Gasteiger partial charge in [-0.1, -0.05) is 12.1 Å². The molecule has 0 atom stereocenters. The average Bonchev–Trinajstić information content (AvgIpc) is 2.71. The lowest BCUT2D eigenvalue weighted by Gasteiger charge is -2.38. The number of nitriles is 3. The highest BCUT2D eigenvalue weighted by molar-refractivity contribution is 5.67. The van der Waals surface area contributed by atoms with Gasteiger partial charge in [-0.2, -0.15) is 42.1 Å². The van der Waals surface area contributed by atoms with E-state index < -0.39 is 63.0 Å². The van der Waals surface area contributed by atoms with Crippen LogP contribution in [0.4, 0.5) is 37.7 Å². The van der Waals surface area contributed by atoms with Crippen molar-refractivity contribution in [1.29, 1.82) is 15.8 Å². The molecule has 0 aliphatic carbocycles. The Morgan fingerprint density at radius 1 is 0.788 bits per heavy atom. The summed E-state index contributed by atoms with van der Waals surface area (Å²) < 4.78 is 85.3. The zero-order chi connectivity index (χ0) is 25.2. The molecule has 0 aromatic heterocycles. The number of rotatable bonds is 4. The van der Waals surface area contributed by atoms with Gasteiger partial charge in [0, 0.05) is 0 Å². The third-order valence-electron chi connectivity index (χ3n) is 4.59. The first-order valence-corrected chi connectivity index (χ1v) is 8.52. The summed E-state index contributed by atoms with van der Waals surface area (Å²) in [7, 11) is 0. The van der Waals surface area contributed by atoms with E-state index in [0.717, 1.165) is 0 Å². The standard InChI is InChI=1S/C20H11F6N5O2/c21-19(22,23)18(20(24,25)26,11-1-3-16(32)13(30)5-11)12-2-4-17(33)14(6-12)31-15(9-29)10(7-27)8-28/h1-6,31-33H,30H2. The maximum absolute atomic E-state index is 14.2. The molecule has 170 valence electrons. The van der Waals surface area contributed by atoms with E-state index in [-0.39, 0.29) is 6.07 Å². The highest BCUT2D eigenvalue weighted by atomic mass is 19.4. The molecular weight excluding hydrogens is 456 g/mol. The van der Waals surface area contributed by atoms with Crippen LogP contribution in [0.1, 0.15) is 11.1 Å². The van der Waals surface area contributed by atoms with Gasteiger partial charge in [-0.15, -0.1) is 0 Å². The molecule has 13 heteroatoms. The van der Waals surface area contributed by atoms with Crippen LogP contribution < -0.4 is 11.1 Å². The van der Waals surface area contributed by atoms with E-state index in [1.807, 2.05) is 5.32 Å². The van der Waals surface area contributed by atoms with Crippen molar-refractivity contribution >= 4 is 11.4 Å². The third kappa shape index (κ3) is 4.14.